The molecule has 1 N–H and O–H groups in total. The van der Waals surface area contributed by atoms with E-state index in [2.05, 4.69) is 5.32 Å². The predicted octanol–water partition coefficient (Wildman–Crippen LogP) is 5.66. The summed E-state index contributed by atoms with van der Waals surface area (Å²) >= 11 is 12.8. The van der Waals surface area contributed by atoms with Crippen molar-refractivity contribution in [3.8, 4) is 5.75 Å². The molecule has 0 fully saturated rings. The maximum atomic E-state index is 13.6. The van der Waals surface area contributed by atoms with Crippen LogP contribution >= 0.6 is 23.2 Å². The Morgan fingerprint density at radius 1 is 1.03 bits per heavy atom. The van der Waals surface area contributed by atoms with E-state index in [9.17, 15) is 18.0 Å². The number of hydrogen-bond acceptors (Lipinski definition) is 5. The van der Waals surface area contributed by atoms with Crippen molar-refractivity contribution in [3.63, 3.8) is 0 Å². The molecule has 39 heavy (non-hydrogen) atoms. The fourth-order valence-electron chi connectivity index (χ4n) is 4.15. The van der Waals surface area contributed by atoms with Gasteiger partial charge in [0.25, 0.3) is 0 Å². The number of para-hydroxylation sites is 2. The molecule has 2 rings (SSSR count). The van der Waals surface area contributed by atoms with Crippen LogP contribution in [0.1, 0.15) is 59.4 Å². The number of carbonyl (C=O) groups excluding carboxylic acids is 2. The fraction of sp³-hybridized carbons (Fsp3) is 0.500. The van der Waals surface area contributed by atoms with Gasteiger partial charge in [0.1, 0.15) is 11.8 Å². The number of halogens is 2. The number of ether oxygens (including phenoxy) is 1. The number of carbonyl (C=O) groups is 2. The normalized spacial score (nSPS) is 12.5. The Bertz CT molecular complexity index is 1230. The second kappa shape index (κ2) is 14.2. The van der Waals surface area contributed by atoms with Gasteiger partial charge in [-0.1, -0.05) is 48.3 Å². The maximum Gasteiger partial charge on any atom is 0.243 e. The van der Waals surface area contributed by atoms with E-state index in [-0.39, 0.29) is 37.7 Å². The smallest absolute Gasteiger partial charge is 0.243 e. The monoisotopic (exact) mass is 599 g/mol. The van der Waals surface area contributed by atoms with E-state index in [4.69, 9.17) is 27.9 Å². The third kappa shape index (κ3) is 9.58. The summed E-state index contributed by atoms with van der Waals surface area (Å²) in [6, 6.07) is 11.2. The lowest BCUT2D eigenvalue weighted by molar-refractivity contribution is -0.142. The summed E-state index contributed by atoms with van der Waals surface area (Å²) in [6.07, 6.45) is 1.71. The highest BCUT2D eigenvalue weighted by atomic mass is 35.5. The topological polar surface area (TPSA) is 96.0 Å². The van der Waals surface area contributed by atoms with Gasteiger partial charge >= 0.3 is 0 Å². The van der Waals surface area contributed by atoms with Crippen LogP contribution in [0.5, 0.6) is 5.75 Å². The van der Waals surface area contributed by atoms with Gasteiger partial charge in [0.2, 0.25) is 21.8 Å². The predicted molar refractivity (Wildman–Crippen MR) is 158 cm³/mol. The Morgan fingerprint density at radius 3 is 2.18 bits per heavy atom. The highest BCUT2D eigenvalue weighted by Crippen LogP contribution is 2.31. The molecule has 2 aromatic carbocycles. The molecule has 0 aliphatic rings. The van der Waals surface area contributed by atoms with Crippen molar-refractivity contribution < 1.29 is 22.7 Å². The van der Waals surface area contributed by atoms with Gasteiger partial charge in [-0.3, -0.25) is 13.9 Å². The third-order valence-electron chi connectivity index (χ3n) is 5.86. The van der Waals surface area contributed by atoms with Crippen LogP contribution in [0.3, 0.4) is 0 Å². The molecule has 0 radical (unpaired) electrons. The molecule has 0 saturated carbocycles. The summed E-state index contributed by atoms with van der Waals surface area (Å²) < 4.78 is 32.2. The fourth-order valence-corrected chi connectivity index (χ4v) is 5.64. The summed E-state index contributed by atoms with van der Waals surface area (Å²) in [5.74, 6) is -0.157. The molecule has 0 unspecified atom stereocenters. The van der Waals surface area contributed by atoms with Crippen LogP contribution in [0.2, 0.25) is 10.0 Å². The van der Waals surface area contributed by atoms with E-state index in [1.165, 1.54) is 9.21 Å². The first-order valence-electron chi connectivity index (χ1n) is 12.9. The van der Waals surface area contributed by atoms with Crippen molar-refractivity contribution >= 4 is 50.7 Å². The zero-order valence-electron chi connectivity index (χ0n) is 23.5. The Kier molecular flexibility index (Phi) is 11.9. The molecule has 0 bridgehead atoms. The lowest BCUT2D eigenvalue weighted by Gasteiger charge is -2.33. The molecule has 11 heteroatoms. The summed E-state index contributed by atoms with van der Waals surface area (Å²) in [4.78, 5) is 28.3. The molecule has 0 heterocycles. The van der Waals surface area contributed by atoms with Crippen molar-refractivity contribution in [1.82, 2.24) is 10.2 Å². The van der Waals surface area contributed by atoms with Gasteiger partial charge in [-0.25, -0.2) is 8.42 Å². The quantitative estimate of drug-likeness (QED) is 0.320. The van der Waals surface area contributed by atoms with Gasteiger partial charge in [0.05, 0.1) is 18.6 Å². The van der Waals surface area contributed by atoms with Crippen molar-refractivity contribution in [1.29, 1.82) is 0 Å². The second-order valence-corrected chi connectivity index (χ2v) is 12.9. The zero-order chi connectivity index (χ0) is 29.4. The molecule has 2 aromatic rings. The number of benzene rings is 2. The van der Waals surface area contributed by atoms with E-state index in [1.54, 1.807) is 42.5 Å². The van der Waals surface area contributed by atoms with Gasteiger partial charge < -0.3 is 15.0 Å². The van der Waals surface area contributed by atoms with Crippen molar-refractivity contribution in [3.05, 3.63) is 58.1 Å². The number of hydrogen-bond donors (Lipinski definition) is 1. The lowest BCUT2D eigenvalue weighted by Crippen LogP contribution is -2.53. The number of anilines is 1. The Hall–Kier alpha value is -2.49. The first kappa shape index (κ1) is 32.7. The number of sulfonamides is 1. The molecule has 0 aliphatic heterocycles. The van der Waals surface area contributed by atoms with Crippen molar-refractivity contribution in [2.45, 2.75) is 72.0 Å². The van der Waals surface area contributed by atoms with E-state index in [0.29, 0.717) is 40.1 Å². The van der Waals surface area contributed by atoms with Crippen LogP contribution in [-0.4, -0.2) is 56.1 Å². The number of amides is 2. The average molecular weight is 601 g/mol. The molecule has 0 aliphatic carbocycles. The van der Waals surface area contributed by atoms with Gasteiger partial charge in [-0.15, -0.1) is 0 Å². The summed E-state index contributed by atoms with van der Waals surface area (Å²) in [6.45, 7) is 9.73. The zero-order valence-corrected chi connectivity index (χ0v) is 25.8. The maximum absolute atomic E-state index is 13.6. The molecule has 0 aromatic heterocycles. The van der Waals surface area contributed by atoms with Crippen LogP contribution < -0.4 is 14.4 Å². The van der Waals surface area contributed by atoms with Crippen LogP contribution in [0.15, 0.2) is 42.5 Å². The summed E-state index contributed by atoms with van der Waals surface area (Å²) in [5.41, 5.74) is 0.454. The molecule has 0 saturated heterocycles. The van der Waals surface area contributed by atoms with Gasteiger partial charge in [-0.05, 0) is 64.8 Å². The van der Waals surface area contributed by atoms with E-state index < -0.39 is 21.6 Å². The largest absolute Gasteiger partial charge is 0.492 e. The van der Waals surface area contributed by atoms with Crippen LogP contribution in [0, 0.1) is 0 Å². The summed E-state index contributed by atoms with van der Waals surface area (Å²) in [5, 5.41) is 3.74. The highest BCUT2D eigenvalue weighted by Gasteiger charge is 2.31. The minimum Gasteiger partial charge on any atom is -0.492 e. The minimum atomic E-state index is -3.66. The Morgan fingerprint density at radius 2 is 1.64 bits per heavy atom. The Labute approximate surface area is 242 Å². The number of nitrogens with one attached hydrogen (secondary N) is 1. The second-order valence-electron chi connectivity index (χ2n) is 10.2. The SMILES string of the molecule is CCOc1ccccc1N(CCCC(=O)N(Cc1c(Cl)cccc1Cl)[C@@H](CC)C(=O)NC(C)(C)C)S(C)(=O)=O. The van der Waals surface area contributed by atoms with Crippen LogP contribution in [-0.2, 0) is 26.2 Å². The van der Waals surface area contributed by atoms with Crippen molar-refractivity contribution in [2.24, 2.45) is 0 Å². The van der Waals surface area contributed by atoms with Crippen LogP contribution in [0.25, 0.3) is 0 Å². The first-order chi connectivity index (χ1) is 18.2. The van der Waals surface area contributed by atoms with Gasteiger partial charge in [0.15, 0.2) is 0 Å². The lowest BCUT2D eigenvalue weighted by atomic mass is 10.0. The highest BCUT2D eigenvalue weighted by molar-refractivity contribution is 7.92. The first-order valence-corrected chi connectivity index (χ1v) is 15.5. The van der Waals surface area contributed by atoms with Gasteiger partial charge in [0, 0.05) is 40.7 Å². The van der Waals surface area contributed by atoms with Crippen LogP contribution in [0.4, 0.5) is 5.69 Å². The van der Waals surface area contributed by atoms with Gasteiger partial charge in [-0.2, -0.15) is 0 Å². The number of nitrogens with zero attached hydrogens (tertiary/aromatic N) is 2. The third-order valence-corrected chi connectivity index (χ3v) is 7.75. The average Bonchev–Trinajstić information content (AvgIpc) is 2.82. The van der Waals surface area contributed by atoms with E-state index >= 15 is 0 Å². The number of rotatable bonds is 13. The molecule has 216 valence electrons. The molecule has 1 atom stereocenters. The Balaban J connectivity index is 2.33. The molecular weight excluding hydrogens is 561 g/mol. The standard InChI is InChI=1S/C28H39Cl2N3O5S/c1-7-23(27(35)31-28(3,4)5)32(19-20-21(29)13-11-14-22(20)30)26(34)17-12-18-33(39(6,36)37)24-15-9-10-16-25(24)38-8-2/h9-11,13-16,23H,7-8,12,17-19H2,1-6H3,(H,31,35)/t23-/m0/s1. The molecule has 8 nitrogen and oxygen atoms in total. The minimum absolute atomic E-state index is 0.00416. The molecule has 2 amide bonds. The molecule has 0 spiro atoms. The van der Waals surface area contributed by atoms with E-state index in [0.717, 1.165) is 6.26 Å². The molecular formula is C28H39Cl2N3O5S. The summed E-state index contributed by atoms with van der Waals surface area (Å²) in [7, 11) is -3.66. The van der Waals surface area contributed by atoms with E-state index in [1.807, 2.05) is 34.6 Å². The van der Waals surface area contributed by atoms with Crippen molar-refractivity contribution in [2.75, 3.05) is 23.7 Å².